The highest BCUT2D eigenvalue weighted by molar-refractivity contribution is 6.27. The Balaban J connectivity index is 1.45. The summed E-state index contributed by atoms with van der Waals surface area (Å²) < 4.78 is 5.77. The van der Waals surface area contributed by atoms with Crippen molar-refractivity contribution in [3.8, 4) is 11.5 Å². The number of Topliss-reactive ketones (excluding diaryl/α,β-unsaturated/α-hetero) is 1. The number of aryl methyl sites for hydroxylation is 2. The van der Waals surface area contributed by atoms with Crippen LogP contribution in [0.25, 0.3) is 0 Å². The highest BCUT2D eigenvalue weighted by Crippen LogP contribution is 2.36. The molecule has 2 N–H and O–H groups in total. The zero-order valence-corrected chi connectivity index (χ0v) is 22.3. The molecule has 0 bridgehead atoms. The van der Waals surface area contributed by atoms with Crippen LogP contribution < -0.4 is 4.90 Å². The van der Waals surface area contributed by atoms with E-state index in [9.17, 15) is 24.6 Å². The van der Waals surface area contributed by atoms with E-state index < -0.39 is 29.4 Å². The zero-order chi connectivity index (χ0) is 27.6. The fourth-order valence-electron chi connectivity index (χ4n) is 4.99. The minimum Gasteiger partial charge on any atom is -0.507 e. The predicted molar refractivity (Wildman–Crippen MR) is 145 cm³/mol. The standard InChI is InChI=1S/C30H34N2O6/c1-18(2)5-10-26(21-16-25(35)28-23(33)8-9-24(34)29(28)30(21)37)38-27(36)17-31-11-13-32(14-12-31)22-7-6-19(3)15-20(22)4/h5-9,15-16,26,33-34H,10-14,17H2,1-4H3. The average molecular weight is 519 g/mol. The number of fused-ring (bicyclic) bond motifs is 1. The van der Waals surface area contributed by atoms with E-state index in [1.807, 2.05) is 24.8 Å². The van der Waals surface area contributed by atoms with Gasteiger partial charge < -0.3 is 19.8 Å². The Morgan fingerprint density at radius 2 is 1.66 bits per heavy atom. The molecular formula is C30H34N2O6. The Morgan fingerprint density at radius 3 is 2.29 bits per heavy atom. The van der Waals surface area contributed by atoms with Crippen LogP contribution in [0.5, 0.6) is 11.5 Å². The van der Waals surface area contributed by atoms with Gasteiger partial charge in [0.2, 0.25) is 0 Å². The predicted octanol–water partition coefficient (Wildman–Crippen LogP) is 4.11. The lowest BCUT2D eigenvalue weighted by Gasteiger charge is -2.36. The number of piperazine rings is 1. The van der Waals surface area contributed by atoms with Gasteiger partial charge in [-0.25, -0.2) is 0 Å². The van der Waals surface area contributed by atoms with Crippen molar-refractivity contribution in [2.75, 3.05) is 37.6 Å². The highest BCUT2D eigenvalue weighted by atomic mass is 16.5. The van der Waals surface area contributed by atoms with Crippen LogP contribution in [0, 0.1) is 13.8 Å². The first-order valence-corrected chi connectivity index (χ1v) is 12.8. The normalized spacial score (nSPS) is 16.5. The number of aromatic hydroxyl groups is 2. The molecule has 1 saturated heterocycles. The lowest BCUT2D eigenvalue weighted by Crippen LogP contribution is -2.48. The summed E-state index contributed by atoms with van der Waals surface area (Å²) in [6, 6.07) is 8.73. The molecule has 200 valence electrons. The second-order valence-corrected chi connectivity index (χ2v) is 10.2. The molecule has 2 aromatic rings. The van der Waals surface area contributed by atoms with Crippen LogP contribution in [0.4, 0.5) is 5.69 Å². The van der Waals surface area contributed by atoms with Crippen LogP contribution in [0.15, 0.2) is 53.6 Å². The van der Waals surface area contributed by atoms with Crippen molar-refractivity contribution in [3.63, 3.8) is 0 Å². The number of ketones is 2. The Kier molecular flexibility index (Phi) is 8.02. The monoisotopic (exact) mass is 518 g/mol. The molecule has 8 heteroatoms. The summed E-state index contributed by atoms with van der Waals surface area (Å²) in [5.74, 6) is -2.55. The number of phenols is 2. The smallest absolute Gasteiger partial charge is 0.320 e. The maximum absolute atomic E-state index is 13.3. The Bertz CT molecular complexity index is 1330. The van der Waals surface area contributed by atoms with Crippen LogP contribution in [0.1, 0.15) is 52.1 Å². The average Bonchev–Trinajstić information content (AvgIpc) is 2.86. The third kappa shape index (κ3) is 5.81. The first-order chi connectivity index (χ1) is 18.0. The van der Waals surface area contributed by atoms with Gasteiger partial charge in [-0.2, -0.15) is 0 Å². The summed E-state index contributed by atoms with van der Waals surface area (Å²) in [5.41, 5.74) is 4.07. The van der Waals surface area contributed by atoms with Crippen molar-refractivity contribution < 1.29 is 29.3 Å². The summed E-state index contributed by atoms with van der Waals surface area (Å²) in [7, 11) is 0. The van der Waals surface area contributed by atoms with E-state index in [1.54, 1.807) is 0 Å². The molecular weight excluding hydrogens is 484 g/mol. The summed E-state index contributed by atoms with van der Waals surface area (Å²) in [6.45, 7) is 10.9. The van der Waals surface area contributed by atoms with Gasteiger partial charge in [0.15, 0.2) is 11.6 Å². The molecule has 1 aliphatic heterocycles. The van der Waals surface area contributed by atoms with Gasteiger partial charge in [0.25, 0.3) is 0 Å². The maximum atomic E-state index is 13.3. The first-order valence-electron chi connectivity index (χ1n) is 12.8. The summed E-state index contributed by atoms with van der Waals surface area (Å²) in [5, 5.41) is 20.4. The first kappa shape index (κ1) is 27.1. The SMILES string of the molecule is CC(C)=CCC(OC(=O)CN1CCN(c2ccc(C)cc2C)CC1)C1=CC(=O)c2c(O)ccc(O)c2C1=O. The van der Waals surface area contributed by atoms with Crippen molar-refractivity contribution >= 4 is 23.2 Å². The number of hydrogen-bond acceptors (Lipinski definition) is 8. The van der Waals surface area contributed by atoms with Gasteiger partial charge in [-0.15, -0.1) is 0 Å². The molecule has 38 heavy (non-hydrogen) atoms. The number of anilines is 1. The van der Waals surface area contributed by atoms with Gasteiger partial charge in [-0.05, 0) is 57.5 Å². The zero-order valence-electron chi connectivity index (χ0n) is 22.3. The largest absolute Gasteiger partial charge is 0.507 e. The molecule has 0 amide bonds. The van der Waals surface area contributed by atoms with E-state index in [0.717, 1.165) is 30.8 Å². The van der Waals surface area contributed by atoms with Crippen LogP contribution in [-0.2, 0) is 9.53 Å². The Hall–Kier alpha value is -3.91. The molecule has 1 atom stereocenters. The number of allylic oxidation sites excluding steroid dienone is 2. The van der Waals surface area contributed by atoms with E-state index in [0.29, 0.717) is 13.1 Å². The fraction of sp³-hybridized carbons (Fsp3) is 0.367. The second-order valence-electron chi connectivity index (χ2n) is 10.2. The molecule has 0 spiro atoms. The van der Waals surface area contributed by atoms with Gasteiger partial charge >= 0.3 is 5.97 Å². The number of carbonyl (C=O) groups is 3. The molecule has 2 aliphatic rings. The van der Waals surface area contributed by atoms with Crippen molar-refractivity contribution in [2.45, 2.75) is 40.2 Å². The molecule has 8 nitrogen and oxygen atoms in total. The van der Waals surface area contributed by atoms with Gasteiger partial charge in [-0.1, -0.05) is 29.3 Å². The molecule has 1 fully saturated rings. The van der Waals surface area contributed by atoms with Gasteiger partial charge in [0.1, 0.15) is 17.6 Å². The topological polar surface area (TPSA) is 107 Å². The van der Waals surface area contributed by atoms with Gasteiger partial charge in [0.05, 0.1) is 17.7 Å². The fourth-order valence-corrected chi connectivity index (χ4v) is 4.99. The van der Waals surface area contributed by atoms with E-state index >= 15 is 0 Å². The number of esters is 1. The third-order valence-electron chi connectivity index (χ3n) is 6.96. The molecule has 2 aromatic carbocycles. The Morgan fingerprint density at radius 1 is 1.00 bits per heavy atom. The Labute approximate surface area is 222 Å². The maximum Gasteiger partial charge on any atom is 0.320 e. The molecule has 0 radical (unpaired) electrons. The number of nitrogens with zero attached hydrogens (tertiary/aromatic N) is 2. The van der Waals surface area contributed by atoms with Crippen LogP contribution >= 0.6 is 0 Å². The molecule has 0 aromatic heterocycles. The minimum absolute atomic E-state index is 0.0195. The highest BCUT2D eigenvalue weighted by Gasteiger charge is 2.36. The van der Waals surface area contributed by atoms with E-state index in [2.05, 4.69) is 36.9 Å². The van der Waals surface area contributed by atoms with Crippen LogP contribution in [0.2, 0.25) is 0 Å². The number of hydrogen-bond donors (Lipinski definition) is 2. The van der Waals surface area contributed by atoms with Crippen molar-refractivity contribution in [3.05, 3.63) is 75.9 Å². The lowest BCUT2D eigenvalue weighted by molar-refractivity contribution is -0.148. The number of ether oxygens (including phenoxy) is 1. The van der Waals surface area contributed by atoms with Crippen molar-refractivity contribution in [2.24, 2.45) is 0 Å². The number of benzene rings is 2. The van der Waals surface area contributed by atoms with E-state index in [-0.39, 0.29) is 35.4 Å². The lowest BCUT2D eigenvalue weighted by atomic mass is 9.85. The van der Waals surface area contributed by atoms with Gasteiger partial charge in [0, 0.05) is 43.9 Å². The van der Waals surface area contributed by atoms with Crippen LogP contribution in [0.3, 0.4) is 0 Å². The van der Waals surface area contributed by atoms with E-state index in [1.165, 1.54) is 22.9 Å². The van der Waals surface area contributed by atoms with E-state index in [4.69, 9.17) is 4.74 Å². The molecule has 1 unspecified atom stereocenters. The second kappa shape index (κ2) is 11.2. The van der Waals surface area contributed by atoms with Crippen molar-refractivity contribution in [1.29, 1.82) is 0 Å². The number of carbonyl (C=O) groups excluding carboxylic acids is 3. The number of rotatable bonds is 7. The van der Waals surface area contributed by atoms with Gasteiger partial charge in [-0.3, -0.25) is 19.3 Å². The summed E-state index contributed by atoms with van der Waals surface area (Å²) in [6.07, 6.45) is 2.13. The molecule has 0 saturated carbocycles. The molecule has 1 heterocycles. The minimum atomic E-state index is -1.000. The summed E-state index contributed by atoms with van der Waals surface area (Å²) >= 11 is 0. The van der Waals surface area contributed by atoms with Crippen molar-refractivity contribution in [1.82, 2.24) is 4.90 Å². The third-order valence-corrected chi connectivity index (χ3v) is 6.96. The molecule has 4 rings (SSSR count). The quantitative estimate of drug-likeness (QED) is 0.320. The van der Waals surface area contributed by atoms with Crippen LogP contribution in [-0.4, -0.2) is 71.5 Å². The number of phenolic OH excluding ortho intramolecular Hbond substituents is 2. The molecule has 1 aliphatic carbocycles. The summed E-state index contributed by atoms with van der Waals surface area (Å²) in [4.78, 5) is 43.4.